The first-order valence-electron chi connectivity index (χ1n) is 4.99. The first kappa shape index (κ1) is 13.8. The van der Waals surface area contributed by atoms with Crippen molar-refractivity contribution in [1.29, 1.82) is 0 Å². The van der Waals surface area contributed by atoms with Crippen molar-refractivity contribution >= 4 is 43.5 Å². The molecule has 0 amide bonds. The van der Waals surface area contributed by atoms with Crippen LogP contribution in [0.4, 0.5) is 0 Å². The SMILES string of the molecule is Cn1nnc(COc2c(Br)cc(CCl)cc2Br)n1. The quantitative estimate of drug-likeness (QED) is 0.746. The standard InChI is InChI=1S/C10H9Br2ClN4O/c1-17-15-9(14-16-17)5-18-10-7(11)2-6(4-13)3-8(10)12/h2-3H,4-5H2,1H3. The van der Waals surface area contributed by atoms with Crippen LogP contribution in [0.2, 0.25) is 0 Å². The Hall–Kier alpha value is -0.660. The van der Waals surface area contributed by atoms with E-state index in [0.29, 0.717) is 17.5 Å². The minimum absolute atomic E-state index is 0.255. The second-order valence-electron chi connectivity index (χ2n) is 3.51. The van der Waals surface area contributed by atoms with Crippen LogP contribution >= 0.6 is 43.5 Å². The molecule has 0 aliphatic carbocycles. The summed E-state index contributed by atoms with van der Waals surface area (Å²) >= 11 is 12.7. The zero-order valence-electron chi connectivity index (χ0n) is 9.40. The number of hydrogen-bond donors (Lipinski definition) is 0. The van der Waals surface area contributed by atoms with Gasteiger partial charge in [0.25, 0.3) is 0 Å². The van der Waals surface area contributed by atoms with Gasteiger partial charge in [0.05, 0.1) is 16.0 Å². The molecular weight excluding hydrogens is 387 g/mol. The van der Waals surface area contributed by atoms with Crippen LogP contribution < -0.4 is 4.74 Å². The van der Waals surface area contributed by atoms with E-state index in [1.54, 1.807) is 7.05 Å². The average Bonchev–Trinajstić information content (AvgIpc) is 2.73. The Kier molecular flexibility index (Phi) is 4.58. The number of alkyl halides is 1. The van der Waals surface area contributed by atoms with Crippen LogP contribution in [-0.4, -0.2) is 20.2 Å². The molecule has 8 heteroatoms. The van der Waals surface area contributed by atoms with E-state index in [1.807, 2.05) is 12.1 Å². The van der Waals surface area contributed by atoms with Crippen LogP contribution in [0, 0.1) is 0 Å². The molecule has 18 heavy (non-hydrogen) atoms. The molecule has 96 valence electrons. The van der Waals surface area contributed by atoms with Gasteiger partial charge < -0.3 is 4.74 Å². The van der Waals surface area contributed by atoms with Crippen LogP contribution in [0.15, 0.2) is 21.1 Å². The van der Waals surface area contributed by atoms with E-state index in [9.17, 15) is 0 Å². The molecule has 0 spiro atoms. The zero-order chi connectivity index (χ0) is 13.1. The van der Waals surface area contributed by atoms with E-state index in [1.165, 1.54) is 4.80 Å². The summed E-state index contributed by atoms with van der Waals surface area (Å²) in [6, 6.07) is 3.83. The molecule has 1 aromatic heterocycles. The van der Waals surface area contributed by atoms with E-state index in [2.05, 4.69) is 47.3 Å². The number of tetrazole rings is 1. The minimum Gasteiger partial charge on any atom is -0.483 e. The predicted molar refractivity (Wildman–Crippen MR) is 74.5 cm³/mol. The molecule has 0 fully saturated rings. The van der Waals surface area contributed by atoms with Gasteiger partial charge in [-0.25, -0.2) is 0 Å². The maximum Gasteiger partial charge on any atom is 0.212 e. The molecule has 0 aliphatic rings. The number of aromatic nitrogens is 4. The maximum absolute atomic E-state index is 5.79. The number of hydrogen-bond acceptors (Lipinski definition) is 4. The molecule has 2 aromatic rings. The van der Waals surface area contributed by atoms with Crippen molar-refractivity contribution in [3.63, 3.8) is 0 Å². The van der Waals surface area contributed by atoms with Crippen LogP contribution in [0.5, 0.6) is 5.75 Å². The summed E-state index contributed by atoms with van der Waals surface area (Å²) in [6.07, 6.45) is 0. The van der Waals surface area contributed by atoms with Gasteiger partial charge in [0.2, 0.25) is 5.82 Å². The number of rotatable bonds is 4. The zero-order valence-corrected chi connectivity index (χ0v) is 13.3. The molecule has 0 saturated heterocycles. The fourth-order valence-electron chi connectivity index (χ4n) is 1.35. The van der Waals surface area contributed by atoms with Crippen molar-refractivity contribution < 1.29 is 4.74 Å². The van der Waals surface area contributed by atoms with Gasteiger partial charge in [-0.15, -0.1) is 21.8 Å². The molecule has 0 unspecified atom stereocenters. The Labute approximate surface area is 126 Å². The molecule has 0 saturated carbocycles. The van der Waals surface area contributed by atoms with Crippen molar-refractivity contribution in [3.8, 4) is 5.75 Å². The van der Waals surface area contributed by atoms with E-state index >= 15 is 0 Å². The normalized spacial score (nSPS) is 10.7. The molecule has 5 nitrogen and oxygen atoms in total. The molecule has 1 aromatic carbocycles. The monoisotopic (exact) mass is 394 g/mol. The topological polar surface area (TPSA) is 52.8 Å². The summed E-state index contributed by atoms with van der Waals surface area (Å²) in [4.78, 5) is 1.39. The fraction of sp³-hybridized carbons (Fsp3) is 0.300. The molecule has 0 N–H and O–H groups in total. The Balaban J connectivity index is 2.14. The van der Waals surface area contributed by atoms with Gasteiger partial charge in [-0.3, -0.25) is 0 Å². The molecular formula is C10H9Br2ClN4O. The van der Waals surface area contributed by atoms with Gasteiger partial charge >= 0.3 is 0 Å². The minimum atomic E-state index is 0.255. The maximum atomic E-state index is 5.79. The first-order valence-corrected chi connectivity index (χ1v) is 7.11. The van der Waals surface area contributed by atoms with Gasteiger partial charge in [-0.2, -0.15) is 4.80 Å². The third kappa shape index (κ3) is 3.21. The lowest BCUT2D eigenvalue weighted by Crippen LogP contribution is -2.00. The van der Waals surface area contributed by atoms with Crippen molar-refractivity contribution in [2.24, 2.45) is 7.05 Å². The molecule has 2 rings (SSSR count). The Morgan fingerprint density at radius 1 is 1.33 bits per heavy atom. The third-order valence-corrected chi connectivity index (χ3v) is 3.59. The van der Waals surface area contributed by atoms with Gasteiger partial charge in [0.1, 0.15) is 5.75 Å². The lowest BCUT2D eigenvalue weighted by molar-refractivity contribution is 0.291. The second-order valence-corrected chi connectivity index (χ2v) is 5.48. The average molecular weight is 396 g/mol. The molecule has 0 bridgehead atoms. The largest absolute Gasteiger partial charge is 0.483 e. The highest BCUT2D eigenvalue weighted by Crippen LogP contribution is 2.35. The number of benzene rings is 1. The number of ether oxygens (including phenoxy) is 1. The summed E-state index contributed by atoms with van der Waals surface area (Å²) in [5.74, 6) is 1.66. The number of halogens is 3. The van der Waals surface area contributed by atoms with Crippen LogP contribution in [0.25, 0.3) is 0 Å². The Bertz CT molecular complexity index is 538. The van der Waals surface area contributed by atoms with Crippen LogP contribution in [0.3, 0.4) is 0 Å². The molecule has 0 aliphatic heterocycles. The van der Waals surface area contributed by atoms with Gasteiger partial charge in [-0.1, -0.05) is 0 Å². The van der Waals surface area contributed by atoms with E-state index in [4.69, 9.17) is 16.3 Å². The summed E-state index contributed by atoms with van der Waals surface area (Å²) < 4.78 is 7.31. The fourth-order valence-corrected chi connectivity index (χ4v) is 3.01. The highest BCUT2D eigenvalue weighted by Gasteiger charge is 2.10. The van der Waals surface area contributed by atoms with Crippen LogP contribution in [-0.2, 0) is 19.5 Å². The first-order chi connectivity index (χ1) is 8.60. The highest BCUT2D eigenvalue weighted by molar-refractivity contribution is 9.11. The second kappa shape index (κ2) is 5.99. The third-order valence-electron chi connectivity index (χ3n) is 2.11. The van der Waals surface area contributed by atoms with Crippen molar-refractivity contribution in [2.45, 2.75) is 12.5 Å². The van der Waals surface area contributed by atoms with Crippen molar-refractivity contribution in [3.05, 3.63) is 32.5 Å². The summed E-state index contributed by atoms with van der Waals surface area (Å²) in [5.41, 5.74) is 1.00. The van der Waals surface area contributed by atoms with Gasteiger partial charge in [-0.05, 0) is 54.8 Å². The lowest BCUT2D eigenvalue weighted by Gasteiger charge is -2.10. The van der Waals surface area contributed by atoms with Gasteiger partial charge in [0, 0.05) is 5.88 Å². The van der Waals surface area contributed by atoms with E-state index in [0.717, 1.165) is 14.5 Å². The Morgan fingerprint density at radius 3 is 2.50 bits per heavy atom. The molecule has 0 atom stereocenters. The molecule has 0 radical (unpaired) electrons. The predicted octanol–water partition coefficient (Wildman–Crippen LogP) is 3.05. The number of aryl methyl sites for hydroxylation is 1. The highest BCUT2D eigenvalue weighted by atomic mass is 79.9. The summed E-state index contributed by atoms with van der Waals surface area (Å²) in [6.45, 7) is 0.255. The van der Waals surface area contributed by atoms with Crippen molar-refractivity contribution in [2.75, 3.05) is 0 Å². The van der Waals surface area contributed by atoms with E-state index < -0.39 is 0 Å². The van der Waals surface area contributed by atoms with Gasteiger partial charge in [0.15, 0.2) is 6.61 Å². The van der Waals surface area contributed by atoms with Crippen molar-refractivity contribution in [1.82, 2.24) is 20.2 Å². The summed E-state index contributed by atoms with van der Waals surface area (Å²) in [5, 5.41) is 11.6. The Morgan fingerprint density at radius 2 is 2.00 bits per heavy atom. The van der Waals surface area contributed by atoms with Crippen LogP contribution in [0.1, 0.15) is 11.4 Å². The molecule has 1 heterocycles. The summed E-state index contributed by atoms with van der Waals surface area (Å²) in [7, 11) is 1.71. The van der Waals surface area contributed by atoms with E-state index in [-0.39, 0.29) is 6.61 Å². The smallest absolute Gasteiger partial charge is 0.212 e. The lowest BCUT2D eigenvalue weighted by atomic mass is 10.2. The number of nitrogens with zero attached hydrogens (tertiary/aromatic N) is 4.